The molecule has 0 aromatic rings. The molecule has 0 aromatic heterocycles. The van der Waals surface area contributed by atoms with Crippen molar-refractivity contribution in [1.82, 2.24) is 0 Å². The van der Waals surface area contributed by atoms with E-state index in [0.29, 0.717) is 0 Å². The van der Waals surface area contributed by atoms with Gasteiger partial charge in [-0.3, -0.25) is 0 Å². The van der Waals surface area contributed by atoms with Crippen molar-refractivity contribution in [2.24, 2.45) is 11.8 Å². The third-order valence-corrected chi connectivity index (χ3v) is 1.88. The molecular formula is C10H14O4-2. The Hall–Kier alpha value is -1.32. The fraction of sp³-hybridized carbons (Fsp3) is 0.600. The van der Waals surface area contributed by atoms with Gasteiger partial charge in [0, 0.05) is 0 Å². The predicted octanol–water partition coefficient (Wildman–Crippen LogP) is -0.905. The van der Waals surface area contributed by atoms with Gasteiger partial charge in [-0.25, -0.2) is 0 Å². The lowest BCUT2D eigenvalue weighted by atomic mass is 9.90. The van der Waals surface area contributed by atoms with Gasteiger partial charge in [-0.2, -0.15) is 0 Å². The van der Waals surface area contributed by atoms with Crippen LogP contribution in [0.4, 0.5) is 0 Å². The van der Waals surface area contributed by atoms with Crippen LogP contribution in [-0.4, -0.2) is 11.9 Å². The van der Waals surface area contributed by atoms with Crippen LogP contribution >= 0.6 is 0 Å². The van der Waals surface area contributed by atoms with Crippen molar-refractivity contribution in [3.63, 3.8) is 0 Å². The summed E-state index contributed by atoms with van der Waals surface area (Å²) in [4.78, 5) is 21.5. The quantitative estimate of drug-likeness (QED) is 0.548. The van der Waals surface area contributed by atoms with E-state index in [2.05, 4.69) is 0 Å². The molecule has 4 heteroatoms. The molecule has 0 unspecified atom stereocenters. The van der Waals surface area contributed by atoms with Crippen molar-refractivity contribution in [2.75, 3.05) is 0 Å². The van der Waals surface area contributed by atoms with Crippen LogP contribution in [0.5, 0.6) is 0 Å². The molecule has 0 aromatic carbocycles. The molecule has 0 N–H and O–H groups in total. The summed E-state index contributed by atoms with van der Waals surface area (Å²) in [6, 6.07) is 0. The highest BCUT2D eigenvalue weighted by molar-refractivity contribution is 5.97. The van der Waals surface area contributed by atoms with Gasteiger partial charge in [0.05, 0.1) is 11.9 Å². The summed E-state index contributed by atoms with van der Waals surface area (Å²) in [7, 11) is 0. The molecule has 0 radical (unpaired) electrons. The molecule has 0 saturated heterocycles. The maximum atomic E-state index is 10.7. The first-order valence-electron chi connectivity index (χ1n) is 4.45. The summed E-state index contributed by atoms with van der Waals surface area (Å²) < 4.78 is 0. The molecule has 0 aliphatic carbocycles. The fourth-order valence-corrected chi connectivity index (χ4v) is 1.31. The molecule has 4 nitrogen and oxygen atoms in total. The Morgan fingerprint density at radius 1 is 0.786 bits per heavy atom. The van der Waals surface area contributed by atoms with Crippen LogP contribution in [0.3, 0.4) is 0 Å². The van der Waals surface area contributed by atoms with Crippen LogP contribution in [0, 0.1) is 11.8 Å². The van der Waals surface area contributed by atoms with E-state index in [1.165, 1.54) is 0 Å². The number of carboxylic acid groups (broad SMARTS) is 2. The summed E-state index contributed by atoms with van der Waals surface area (Å²) in [5.41, 5.74) is -0.361. The lowest BCUT2D eigenvalue weighted by molar-refractivity contribution is -0.305. The molecule has 0 aliphatic rings. The van der Waals surface area contributed by atoms with Crippen molar-refractivity contribution < 1.29 is 19.8 Å². The number of carboxylic acids is 2. The van der Waals surface area contributed by atoms with E-state index < -0.39 is 23.8 Å². The van der Waals surface area contributed by atoms with Crippen LogP contribution in [-0.2, 0) is 9.59 Å². The smallest absolute Gasteiger partial charge is 0.0680 e. The number of rotatable bonds is 4. The maximum Gasteiger partial charge on any atom is 0.0680 e. The summed E-state index contributed by atoms with van der Waals surface area (Å²) >= 11 is 0. The van der Waals surface area contributed by atoms with Crippen LogP contribution in [0.25, 0.3) is 0 Å². The Labute approximate surface area is 83.2 Å². The minimum absolute atomic E-state index is 0.181. The van der Waals surface area contributed by atoms with Gasteiger partial charge in [0.2, 0.25) is 0 Å². The molecule has 0 bridgehead atoms. The predicted molar refractivity (Wildman–Crippen MR) is 46.7 cm³/mol. The van der Waals surface area contributed by atoms with E-state index in [4.69, 9.17) is 0 Å². The van der Waals surface area contributed by atoms with Crippen molar-refractivity contribution in [3.8, 4) is 0 Å². The summed E-state index contributed by atoms with van der Waals surface area (Å²) in [5.74, 6) is -3.66. The molecule has 80 valence electrons. The van der Waals surface area contributed by atoms with E-state index in [-0.39, 0.29) is 11.1 Å². The van der Waals surface area contributed by atoms with Gasteiger partial charge in [-0.1, -0.05) is 27.7 Å². The Bertz CT molecular complexity index is 246. The van der Waals surface area contributed by atoms with Gasteiger partial charge in [-0.05, 0) is 23.0 Å². The molecule has 0 rings (SSSR count). The summed E-state index contributed by atoms with van der Waals surface area (Å²) in [5, 5.41) is 21.5. The Morgan fingerprint density at radius 3 is 1.07 bits per heavy atom. The molecule has 0 aliphatic heterocycles. The molecule has 0 fully saturated rings. The number of hydrogen-bond donors (Lipinski definition) is 0. The van der Waals surface area contributed by atoms with E-state index >= 15 is 0 Å². The van der Waals surface area contributed by atoms with E-state index in [0.717, 1.165) is 0 Å². The molecule has 0 saturated carbocycles. The average Bonchev–Trinajstić information content (AvgIpc) is 1.96. The normalized spacial score (nSPS) is 13.0. The minimum atomic E-state index is -1.44. The van der Waals surface area contributed by atoms with Crippen LogP contribution in [0.2, 0.25) is 0 Å². The highest BCUT2D eigenvalue weighted by atomic mass is 16.4. The number of hydrogen-bond acceptors (Lipinski definition) is 4. The van der Waals surface area contributed by atoms with Gasteiger partial charge in [-0.15, -0.1) is 0 Å². The second-order valence-corrected chi connectivity index (χ2v) is 3.71. The lowest BCUT2D eigenvalue weighted by Gasteiger charge is -2.22. The second-order valence-electron chi connectivity index (χ2n) is 3.71. The van der Waals surface area contributed by atoms with Crippen LogP contribution in [0.1, 0.15) is 27.7 Å². The summed E-state index contributed by atoms with van der Waals surface area (Å²) in [6.07, 6.45) is 0. The Balaban J connectivity index is 5.51. The highest BCUT2D eigenvalue weighted by Crippen LogP contribution is 2.20. The Kier molecular flexibility index (Phi) is 4.34. The minimum Gasteiger partial charge on any atom is -0.545 e. The third kappa shape index (κ3) is 2.87. The monoisotopic (exact) mass is 198 g/mol. The Morgan fingerprint density at radius 2 is 1.00 bits per heavy atom. The molecule has 0 atom stereocenters. The van der Waals surface area contributed by atoms with Crippen LogP contribution < -0.4 is 10.2 Å². The molecule has 14 heavy (non-hydrogen) atoms. The molecule has 0 amide bonds. The van der Waals surface area contributed by atoms with Crippen molar-refractivity contribution in [1.29, 1.82) is 0 Å². The zero-order chi connectivity index (χ0) is 11.5. The van der Waals surface area contributed by atoms with E-state index in [9.17, 15) is 19.8 Å². The van der Waals surface area contributed by atoms with Gasteiger partial charge >= 0.3 is 0 Å². The first-order chi connectivity index (χ1) is 6.29. The first kappa shape index (κ1) is 12.7. The van der Waals surface area contributed by atoms with Gasteiger partial charge < -0.3 is 19.8 Å². The molecule has 0 spiro atoms. The molecular weight excluding hydrogens is 184 g/mol. The molecule has 0 heterocycles. The van der Waals surface area contributed by atoms with Crippen molar-refractivity contribution in [3.05, 3.63) is 11.1 Å². The highest BCUT2D eigenvalue weighted by Gasteiger charge is 2.15. The van der Waals surface area contributed by atoms with Crippen LogP contribution in [0.15, 0.2) is 11.1 Å². The topological polar surface area (TPSA) is 80.3 Å². The number of carbonyl (C=O) groups is 2. The zero-order valence-electron chi connectivity index (χ0n) is 8.79. The van der Waals surface area contributed by atoms with E-state index in [1.54, 1.807) is 27.7 Å². The maximum absolute atomic E-state index is 10.7. The average molecular weight is 198 g/mol. The number of carbonyl (C=O) groups excluding carboxylic acids is 2. The second kappa shape index (κ2) is 4.79. The largest absolute Gasteiger partial charge is 0.545 e. The third-order valence-electron chi connectivity index (χ3n) is 1.88. The van der Waals surface area contributed by atoms with Gasteiger partial charge in [0.15, 0.2) is 0 Å². The lowest BCUT2D eigenvalue weighted by Crippen LogP contribution is -2.35. The zero-order valence-corrected chi connectivity index (χ0v) is 8.79. The van der Waals surface area contributed by atoms with Crippen molar-refractivity contribution >= 4 is 11.9 Å². The van der Waals surface area contributed by atoms with Gasteiger partial charge in [0.25, 0.3) is 0 Å². The first-order valence-corrected chi connectivity index (χ1v) is 4.45. The number of aliphatic carboxylic acids is 2. The standard InChI is InChI=1S/C10H16O4/c1-5(2)7(9(11)12)8(6(3)4)10(13)14/h5-6H,1-4H3,(H,11,12)(H,13,14)/p-2. The summed E-state index contributed by atoms with van der Waals surface area (Å²) in [6.45, 7) is 6.43. The SMILES string of the molecule is CC(C)C(C(=O)[O-])=C(C(=O)[O-])C(C)C. The van der Waals surface area contributed by atoms with E-state index in [1.807, 2.05) is 0 Å². The fourth-order valence-electron chi connectivity index (χ4n) is 1.31. The van der Waals surface area contributed by atoms with Crippen molar-refractivity contribution in [2.45, 2.75) is 27.7 Å². The van der Waals surface area contributed by atoms with Gasteiger partial charge in [0.1, 0.15) is 0 Å².